The van der Waals surface area contributed by atoms with E-state index in [1.807, 2.05) is 6.08 Å². The van der Waals surface area contributed by atoms with Gasteiger partial charge in [0.15, 0.2) is 0 Å². The fraction of sp³-hybridized carbons (Fsp3) is 0.727. The first-order valence-electron chi connectivity index (χ1n) is 5.14. The van der Waals surface area contributed by atoms with Crippen molar-refractivity contribution in [2.24, 2.45) is 0 Å². The van der Waals surface area contributed by atoms with Crippen LogP contribution in [0.4, 0.5) is 0 Å². The maximum Gasteiger partial charge on any atom is 0.319 e. The molecule has 0 heterocycles. The molecule has 0 spiro atoms. The highest BCUT2D eigenvalue weighted by Crippen LogP contribution is 1.98. The van der Waals surface area contributed by atoms with Crippen LogP contribution in [0.3, 0.4) is 0 Å². The fourth-order valence-corrected chi connectivity index (χ4v) is 1.29. The number of rotatable bonds is 8. The molecular weight excluding hydrogens is 178 g/mol. The van der Waals surface area contributed by atoms with Gasteiger partial charge in [-0.25, -0.2) is 0 Å². The van der Waals surface area contributed by atoms with Gasteiger partial charge in [0.05, 0.1) is 13.7 Å². The minimum absolute atomic E-state index is 0.156. The molecule has 0 aromatic rings. The van der Waals surface area contributed by atoms with Gasteiger partial charge < -0.3 is 4.74 Å². The number of ether oxygens (including phenoxy) is 1. The maximum atomic E-state index is 11.0. The zero-order valence-corrected chi connectivity index (χ0v) is 9.29. The lowest BCUT2D eigenvalue weighted by molar-refractivity contribution is -0.141. The Bertz CT molecular complexity index is 169. The van der Waals surface area contributed by atoms with Gasteiger partial charge in [0.1, 0.15) is 0 Å². The Morgan fingerprint density at radius 2 is 2.21 bits per heavy atom. The van der Waals surface area contributed by atoms with Crippen molar-refractivity contribution < 1.29 is 9.53 Å². The van der Waals surface area contributed by atoms with E-state index < -0.39 is 0 Å². The van der Waals surface area contributed by atoms with Crippen LogP contribution in [0.1, 0.15) is 26.2 Å². The van der Waals surface area contributed by atoms with E-state index in [9.17, 15) is 4.79 Å². The summed E-state index contributed by atoms with van der Waals surface area (Å²) >= 11 is 0. The van der Waals surface area contributed by atoms with Gasteiger partial charge in [0.25, 0.3) is 0 Å². The molecule has 0 aliphatic carbocycles. The summed E-state index contributed by atoms with van der Waals surface area (Å²) in [6.07, 6.45) is 5.02. The van der Waals surface area contributed by atoms with E-state index in [0.29, 0.717) is 6.54 Å². The van der Waals surface area contributed by atoms with Crippen molar-refractivity contribution in [3.63, 3.8) is 0 Å². The van der Waals surface area contributed by atoms with Gasteiger partial charge in [-0.05, 0) is 32.4 Å². The van der Waals surface area contributed by atoms with Crippen LogP contribution in [0.5, 0.6) is 0 Å². The van der Waals surface area contributed by atoms with Crippen LogP contribution in [-0.2, 0) is 9.53 Å². The van der Waals surface area contributed by atoms with E-state index in [1.165, 1.54) is 7.11 Å². The van der Waals surface area contributed by atoms with E-state index >= 15 is 0 Å². The highest BCUT2D eigenvalue weighted by molar-refractivity contribution is 5.71. The van der Waals surface area contributed by atoms with Crippen molar-refractivity contribution in [2.75, 3.05) is 26.7 Å². The number of hydrogen-bond acceptors (Lipinski definition) is 3. The number of carbonyl (C=O) groups is 1. The van der Waals surface area contributed by atoms with E-state index in [1.54, 1.807) is 0 Å². The van der Waals surface area contributed by atoms with Crippen LogP contribution in [-0.4, -0.2) is 37.6 Å². The van der Waals surface area contributed by atoms with Gasteiger partial charge >= 0.3 is 5.97 Å². The molecule has 0 atom stereocenters. The molecule has 14 heavy (non-hydrogen) atoms. The molecule has 0 radical (unpaired) electrons. The maximum absolute atomic E-state index is 11.0. The summed E-state index contributed by atoms with van der Waals surface area (Å²) in [5.41, 5.74) is 0. The second-order valence-corrected chi connectivity index (χ2v) is 3.28. The summed E-state index contributed by atoms with van der Waals surface area (Å²) in [4.78, 5) is 13.2. The Labute approximate surface area is 86.7 Å². The molecule has 0 aliphatic heterocycles. The lowest BCUT2D eigenvalue weighted by Crippen LogP contribution is -2.32. The summed E-state index contributed by atoms with van der Waals surface area (Å²) in [5.74, 6) is -0.156. The molecule has 82 valence electrons. The van der Waals surface area contributed by atoms with Crippen molar-refractivity contribution in [2.45, 2.75) is 26.2 Å². The predicted molar refractivity (Wildman–Crippen MR) is 58.2 cm³/mol. The van der Waals surface area contributed by atoms with Crippen molar-refractivity contribution >= 4 is 5.97 Å². The van der Waals surface area contributed by atoms with E-state index in [0.717, 1.165) is 32.4 Å². The first kappa shape index (κ1) is 13.2. The molecule has 0 saturated heterocycles. The second kappa shape index (κ2) is 8.75. The van der Waals surface area contributed by atoms with Gasteiger partial charge in [0, 0.05) is 0 Å². The molecular formula is C11H21NO2. The molecule has 0 aromatic heterocycles. The van der Waals surface area contributed by atoms with Gasteiger partial charge in [0.2, 0.25) is 0 Å². The lowest BCUT2D eigenvalue weighted by atomic mass is 10.3. The summed E-state index contributed by atoms with van der Waals surface area (Å²) in [5, 5.41) is 0. The SMILES string of the molecule is C=CCCCN(CCC)CC(=O)OC. The molecule has 3 nitrogen and oxygen atoms in total. The third kappa shape index (κ3) is 6.66. The van der Waals surface area contributed by atoms with E-state index in [2.05, 4.69) is 23.1 Å². The number of carbonyl (C=O) groups excluding carboxylic acids is 1. The molecule has 0 bridgehead atoms. The van der Waals surface area contributed by atoms with Crippen LogP contribution < -0.4 is 0 Å². The zero-order valence-electron chi connectivity index (χ0n) is 9.29. The minimum Gasteiger partial charge on any atom is -0.468 e. The van der Waals surface area contributed by atoms with Crippen molar-refractivity contribution in [3.8, 4) is 0 Å². The number of nitrogens with zero attached hydrogens (tertiary/aromatic N) is 1. The number of hydrogen-bond donors (Lipinski definition) is 0. The number of unbranched alkanes of at least 4 members (excludes halogenated alkanes) is 1. The lowest BCUT2D eigenvalue weighted by Gasteiger charge is -2.19. The largest absolute Gasteiger partial charge is 0.468 e. The molecule has 0 unspecified atom stereocenters. The first-order chi connectivity index (χ1) is 6.74. The Hall–Kier alpha value is -0.830. The molecule has 0 aromatic carbocycles. The van der Waals surface area contributed by atoms with Crippen molar-refractivity contribution in [1.29, 1.82) is 0 Å². The average molecular weight is 199 g/mol. The Kier molecular flexibility index (Phi) is 8.24. The van der Waals surface area contributed by atoms with Crippen LogP contribution in [0.25, 0.3) is 0 Å². The number of methoxy groups -OCH3 is 1. The monoisotopic (exact) mass is 199 g/mol. The molecule has 0 saturated carbocycles. The molecule has 3 heteroatoms. The highest BCUT2D eigenvalue weighted by Gasteiger charge is 2.08. The topological polar surface area (TPSA) is 29.5 Å². The van der Waals surface area contributed by atoms with Crippen LogP contribution in [0, 0.1) is 0 Å². The number of esters is 1. The predicted octanol–water partition coefficient (Wildman–Crippen LogP) is 1.84. The molecule has 0 fully saturated rings. The molecule has 0 aliphatic rings. The van der Waals surface area contributed by atoms with Crippen LogP contribution >= 0.6 is 0 Å². The molecule has 0 amide bonds. The smallest absolute Gasteiger partial charge is 0.319 e. The average Bonchev–Trinajstić information content (AvgIpc) is 2.18. The van der Waals surface area contributed by atoms with Gasteiger partial charge in [-0.15, -0.1) is 6.58 Å². The van der Waals surface area contributed by atoms with Crippen molar-refractivity contribution in [1.82, 2.24) is 4.90 Å². The number of allylic oxidation sites excluding steroid dienone is 1. The first-order valence-corrected chi connectivity index (χ1v) is 5.14. The molecule has 0 N–H and O–H groups in total. The van der Waals surface area contributed by atoms with Crippen LogP contribution in [0.15, 0.2) is 12.7 Å². The van der Waals surface area contributed by atoms with Gasteiger partial charge in [-0.3, -0.25) is 9.69 Å². The van der Waals surface area contributed by atoms with Crippen LogP contribution in [0.2, 0.25) is 0 Å². The van der Waals surface area contributed by atoms with Gasteiger partial charge in [-0.2, -0.15) is 0 Å². The summed E-state index contributed by atoms with van der Waals surface area (Å²) in [6, 6.07) is 0. The van der Waals surface area contributed by atoms with E-state index in [-0.39, 0.29) is 5.97 Å². The second-order valence-electron chi connectivity index (χ2n) is 3.28. The van der Waals surface area contributed by atoms with Crippen molar-refractivity contribution in [3.05, 3.63) is 12.7 Å². The third-order valence-electron chi connectivity index (χ3n) is 2.00. The Morgan fingerprint density at radius 1 is 1.50 bits per heavy atom. The Balaban J connectivity index is 3.75. The zero-order chi connectivity index (χ0) is 10.8. The van der Waals surface area contributed by atoms with Gasteiger partial charge in [-0.1, -0.05) is 13.0 Å². The standard InChI is InChI=1S/C11H21NO2/c1-4-6-7-9-12(8-5-2)10-11(13)14-3/h4H,1,5-10H2,2-3H3. The fourth-order valence-electron chi connectivity index (χ4n) is 1.29. The summed E-state index contributed by atoms with van der Waals surface area (Å²) in [7, 11) is 1.43. The summed E-state index contributed by atoms with van der Waals surface area (Å²) in [6.45, 7) is 8.07. The minimum atomic E-state index is -0.156. The Morgan fingerprint density at radius 3 is 2.71 bits per heavy atom. The molecule has 0 rings (SSSR count). The summed E-state index contributed by atoms with van der Waals surface area (Å²) < 4.78 is 4.63. The highest BCUT2D eigenvalue weighted by atomic mass is 16.5. The third-order valence-corrected chi connectivity index (χ3v) is 2.00. The quantitative estimate of drug-likeness (QED) is 0.339. The normalized spacial score (nSPS) is 10.2. The van der Waals surface area contributed by atoms with E-state index in [4.69, 9.17) is 0 Å².